The molecule has 0 bridgehead atoms. The highest BCUT2D eigenvalue weighted by Gasteiger charge is 2.23. The third-order valence-electron chi connectivity index (χ3n) is 5.74. The van der Waals surface area contributed by atoms with Crippen LogP contribution < -0.4 is 14.8 Å². The van der Waals surface area contributed by atoms with E-state index in [1.807, 2.05) is 12.1 Å². The summed E-state index contributed by atoms with van der Waals surface area (Å²) in [4.78, 5) is 4.79. The number of ether oxygens (including phenoxy) is 3. The van der Waals surface area contributed by atoms with Crippen molar-refractivity contribution in [2.75, 3.05) is 19.8 Å². The van der Waals surface area contributed by atoms with Crippen molar-refractivity contribution in [2.45, 2.75) is 57.4 Å². The van der Waals surface area contributed by atoms with E-state index in [0.717, 1.165) is 48.1 Å². The molecular weight excluding hydrogens is 342 g/mol. The quantitative estimate of drug-likeness (QED) is 0.897. The molecule has 1 saturated carbocycles. The van der Waals surface area contributed by atoms with Gasteiger partial charge >= 0.3 is 0 Å². The van der Waals surface area contributed by atoms with Gasteiger partial charge in [-0.3, -0.25) is 0 Å². The average Bonchev–Trinajstić information content (AvgIpc) is 3.30. The van der Waals surface area contributed by atoms with Crippen molar-refractivity contribution in [1.29, 1.82) is 0 Å². The van der Waals surface area contributed by atoms with E-state index >= 15 is 0 Å². The second kappa shape index (κ2) is 7.52. The molecule has 3 heterocycles. The summed E-state index contributed by atoms with van der Waals surface area (Å²) in [5.74, 6) is 2.63. The molecule has 1 fully saturated rings. The first-order chi connectivity index (χ1) is 13.3. The van der Waals surface area contributed by atoms with Gasteiger partial charge < -0.3 is 24.1 Å². The molecule has 1 aromatic carbocycles. The molecule has 27 heavy (non-hydrogen) atoms. The van der Waals surface area contributed by atoms with E-state index in [1.165, 1.54) is 25.7 Å². The van der Waals surface area contributed by atoms with Crippen LogP contribution in [-0.4, -0.2) is 41.5 Å². The first-order valence-electron chi connectivity index (χ1n) is 10.2. The topological polar surface area (TPSA) is 57.5 Å². The molecule has 144 valence electrons. The van der Waals surface area contributed by atoms with E-state index in [4.69, 9.17) is 19.2 Å². The molecule has 6 nitrogen and oxygen atoms in total. The summed E-state index contributed by atoms with van der Waals surface area (Å²) in [6.45, 7) is 3.74. The minimum atomic E-state index is 0.212. The van der Waals surface area contributed by atoms with Crippen LogP contribution in [0.2, 0.25) is 0 Å². The molecule has 5 rings (SSSR count). The van der Waals surface area contributed by atoms with Gasteiger partial charge in [-0.2, -0.15) is 0 Å². The van der Waals surface area contributed by atoms with Crippen molar-refractivity contribution in [3.63, 3.8) is 0 Å². The van der Waals surface area contributed by atoms with Crippen molar-refractivity contribution in [1.82, 2.24) is 14.9 Å². The summed E-state index contributed by atoms with van der Waals surface area (Å²) in [5.41, 5.74) is 2.02. The average molecular weight is 369 g/mol. The Morgan fingerprint density at radius 1 is 1.07 bits per heavy atom. The fourth-order valence-electron chi connectivity index (χ4n) is 4.21. The Balaban J connectivity index is 1.29. The number of fused-ring (bicyclic) bond motifs is 2. The van der Waals surface area contributed by atoms with E-state index in [9.17, 15) is 0 Å². The second-order valence-electron chi connectivity index (χ2n) is 7.73. The number of hydrogen-bond acceptors (Lipinski definition) is 5. The standard InChI is InChI=1S/C21H27N3O3/c1-2-5-16(4-1)22-11-17-12-24-13-18(23-21(24)14-27-17)15-6-7-19-20(10-15)26-9-3-8-25-19/h6-7,10,13,16-17,22H,1-5,8-9,11-12,14H2. The van der Waals surface area contributed by atoms with Crippen molar-refractivity contribution >= 4 is 0 Å². The first-order valence-corrected chi connectivity index (χ1v) is 10.2. The fraction of sp³-hybridized carbons (Fsp3) is 0.571. The van der Waals surface area contributed by atoms with Gasteiger partial charge in [0.15, 0.2) is 11.5 Å². The summed E-state index contributed by atoms with van der Waals surface area (Å²) < 4.78 is 19.8. The Morgan fingerprint density at radius 2 is 1.93 bits per heavy atom. The van der Waals surface area contributed by atoms with Crippen LogP contribution in [0.3, 0.4) is 0 Å². The summed E-state index contributed by atoms with van der Waals surface area (Å²) in [7, 11) is 0. The van der Waals surface area contributed by atoms with Crippen LogP contribution in [0.5, 0.6) is 11.5 Å². The van der Waals surface area contributed by atoms with Crippen LogP contribution >= 0.6 is 0 Å². The number of rotatable bonds is 4. The molecule has 1 aliphatic carbocycles. The molecule has 0 radical (unpaired) electrons. The van der Waals surface area contributed by atoms with Gasteiger partial charge in [-0.25, -0.2) is 4.98 Å². The monoisotopic (exact) mass is 369 g/mol. The lowest BCUT2D eigenvalue weighted by Crippen LogP contribution is -2.39. The van der Waals surface area contributed by atoms with Crippen molar-refractivity contribution in [3.05, 3.63) is 30.2 Å². The minimum Gasteiger partial charge on any atom is -0.490 e. The van der Waals surface area contributed by atoms with E-state index in [1.54, 1.807) is 0 Å². The molecular formula is C21H27N3O3. The molecule has 0 saturated heterocycles. The molecule has 3 aliphatic rings. The van der Waals surface area contributed by atoms with Crippen LogP contribution in [0.1, 0.15) is 37.9 Å². The van der Waals surface area contributed by atoms with Crippen LogP contribution in [0.4, 0.5) is 0 Å². The summed E-state index contributed by atoms with van der Waals surface area (Å²) >= 11 is 0. The molecule has 2 aromatic rings. The van der Waals surface area contributed by atoms with Gasteiger partial charge in [0.25, 0.3) is 0 Å². The predicted molar refractivity (Wildman–Crippen MR) is 102 cm³/mol. The third-order valence-corrected chi connectivity index (χ3v) is 5.74. The number of nitrogens with zero attached hydrogens (tertiary/aromatic N) is 2. The molecule has 6 heteroatoms. The largest absolute Gasteiger partial charge is 0.490 e. The Morgan fingerprint density at radius 3 is 2.81 bits per heavy atom. The first kappa shape index (κ1) is 17.1. The van der Waals surface area contributed by atoms with E-state index in [-0.39, 0.29) is 6.10 Å². The Bertz CT molecular complexity index is 798. The SMILES string of the molecule is c1cc2c(cc1-c1cn3c(n1)COC(CNC1CCCC1)C3)OCCCO2. The zero-order valence-electron chi connectivity index (χ0n) is 15.7. The number of aromatic nitrogens is 2. The van der Waals surface area contributed by atoms with Gasteiger partial charge in [0, 0.05) is 30.8 Å². The highest BCUT2D eigenvalue weighted by Crippen LogP contribution is 2.34. The fourth-order valence-corrected chi connectivity index (χ4v) is 4.21. The highest BCUT2D eigenvalue weighted by molar-refractivity contribution is 5.64. The molecule has 1 atom stereocenters. The maximum Gasteiger partial charge on any atom is 0.161 e. The van der Waals surface area contributed by atoms with E-state index < -0.39 is 0 Å². The molecule has 0 spiro atoms. The smallest absolute Gasteiger partial charge is 0.161 e. The van der Waals surface area contributed by atoms with Gasteiger partial charge in [-0.05, 0) is 31.0 Å². The van der Waals surface area contributed by atoms with Gasteiger partial charge in [0.2, 0.25) is 0 Å². The summed E-state index contributed by atoms with van der Waals surface area (Å²) in [6.07, 6.45) is 8.58. The Kier molecular flexibility index (Phi) is 4.76. The molecule has 0 amide bonds. The zero-order valence-corrected chi connectivity index (χ0v) is 15.7. The maximum atomic E-state index is 6.03. The zero-order chi connectivity index (χ0) is 18.1. The normalized spacial score (nSPS) is 22.4. The summed E-state index contributed by atoms with van der Waals surface area (Å²) in [5, 5.41) is 3.67. The van der Waals surface area contributed by atoms with Crippen molar-refractivity contribution < 1.29 is 14.2 Å². The molecule has 1 aromatic heterocycles. The highest BCUT2D eigenvalue weighted by atomic mass is 16.5. The number of benzene rings is 1. The van der Waals surface area contributed by atoms with E-state index in [0.29, 0.717) is 25.9 Å². The minimum absolute atomic E-state index is 0.212. The van der Waals surface area contributed by atoms with Gasteiger partial charge in [-0.15, -0.1) is 0 Å². The lowest BCUT2D eigenvalue weighted by molar-refractivity contribution is 0.00158. The Labute approximate surface area is 159 Å². The van der Waals surface area contributed by atoms with Crippen molar-refractivity contribution in [2.24, 2.45) is 0 Å². The molecule has 1 unspecified atom stereocenters. The number of nitrogens with one attached hydrogen (secondary N) is 1. The lowest BCUT2D eigenvalue weighted by atomic mass is 10.1. The van der Waals surface area contributed by atoms with Gasteiger partial charge in [0.05, 0.1) is 31.6 Å². The van der Waals surface area contributed by atoms with E-state index in [2.05, 4.69) is 22.1 Å². The second-order valence-corrected chi connectivity index (χ2v) is 7.73. The molecule has 1 N–H and O–H groups in total. The summed E-state index contributed by atoms with van der Waals surface area (Å²) in [6, 6.07) is 6.76. The predicted octanol–water partition coefficient (Wildman–Crippen LogP) is 3.14. The Hall–Kier alpha value is -2.05. The van der Waals surface area contributed by atoms with Crippen LogP contribution in [-0.2, 0) is 17.9 Å². The lowest BCUT2D eigenvalue weighted by Gasteiger charge is -2.26. The number of hydrogen-bond donors (Lipinski definition) is 1. The van der Waals surface area contributed by atoms with Crippen LogP contribution in [0, 0.1) is 0 Å². The molecule has 2 aliphatic heterocycles. The number of imidazole rings is 1. The van der Waals surface area contributed by atoms with Crippen molar-refractivity contribution in [3.8, 4) is 22.8 Å². The third kappa shape index (κ3) is 3.69. The maximum absolute atomic E-state index is 6.03. The van der Waals surface area contributed by atoms with Gasteiger partial charge in [0.1, 0.15) is 12.4 Å². The van der Waals surface area contributed by atoms with Crippen LogP contribution in [0.25, 0.3) is 11.3 Å². The van der Waals surface area contributed by atoms with Crippen LogP contribution in [0.15, 0.2) is 24.4 Å². The van der Waals surface area contributed by atoms with Gasteiger partial charge in [-0.1, -0.05) is 12.8 Å².